The van der Waals surface area contributed by atoms with Crippen LogP contribution in [-0.2, 0) is 9.47 Å². The standard InChI is InChI=1S/C19H22N4O4/c1-3-27-19(25)14-4-6-15(7-5-14)22-18(24)16-12-17(21-13(2)20-16)23-8-10-26-11-9-23/h4-7,12H,3,8-11H2,1-2H3,(H,22,24). The number of morpholine rings is 1. The molecule has 0 bridgehead atoms. The second-order valence-corrected chi connectivity index (χ2v) is 6.01. The lowest BCUT2D eigenvalue weighted by atomic mass is 10.2. The van der Waals surface area contributed by atoms with Gasteiger partial charge in [-0.2, -0.15) is 0 Å². The number of ether oxygens (including phenoxy) is 2. The molecule has 1 amide bonds. The second-order valence-electron chi connectivity index (χ2n) is 6.01. The molecule has 1 fully saturated rings. The van der Waals surface area contributed by atoms with Crippen molar-refractivity contribution in [2.45, 2.75) is 13.8 Å². The summed E-state index contributed by atoms with van der Waals surface area (Å²) in [6, 6.07) is 8.21. The molecule has 142 valence electrons. The fraction of sp³-hybridized carbons (Fsp3) is 0.368. The zero-order valence-electron chi connectivity index (χ0n) is 15.4. The lowest BCUT2D eigenvalue weighted by Gasteiger charge is -2.28. The van der Waals surface area contributed by atoms with E-state index in [4.69, 9.17) is 9.47 Å². The SMILES string of the molecule is CCOC(=O)c1ccc(NC(=O)c2cc(N3CCOCC3)nc(C)n2)cc1. The van der Waals surface area contributed by atoms with E-state index in [1.54, 1.807) is 44.2 Å². The summed E-state index contributed by atoms with van der Waals surface area (Å²) in [5.74, 6) is 0.520. The Morgan fingerprint density at radius 3 is 2.56 bits per heavy atom. The molecule has 0 radical (unpaired) electrons. The summed E-state index contributed by atoms with van der Waals surface area (Å²) in [4.78, 5) is 35.0. The van der Waals surface area contributed by atoms with Gasteiger partial charge in [-0.25, -0.2) is 14.8 Å². The predicted octanol–water partition coefficient (Wildman–Crippen LogP) is 2.05. The summed E-state index contributed by atoms with van der Waals surface area (Å²) in [5, 5.41) is 2.79. The molecule has 3 rings (SSSR count). The van der Waals surface area contributed by atoms with Gasteiger partial charge in [-0.1, -0.05) is 0 Å². The largest absolute Gasteiger partial charge is 0.462 e. The minimum atomic E-state index is -0.392. The van der Waals surface area contributed by atoms with E-state index in [0.29, 0.717) is 48.4 Å². The van der Waals surface area contributed by atoms with Crippen LogP contribution in [0.15, 0.2) is 30.3 Å². The number of nitrogens with one attached hydrogen (secondary N) is 1. The Hall–Kier alpha value is -3.00. The predicted molar refractivity (Wildman–Crippen MR) is 100 cm³/mol. The van der Waals surface area contributed by atoms with E-state index in [0.717, 1.165) is 13.1 Å². The van der Waals surface area contributed by atoms with Gasteiger partial charge in [0.15, 0.2) is 0 Å². The van der Waals surface area contributed by atoms with E-state index in [2.05, 4.69) is 20.2 Å². The fourth-order valence-electron chi connectivity index (χ4n) is 2.72. The van der Waals surface area contributed by atoms with Crippen LogP contribution in [0.3, 0.4) is 0 Å². The summed E-state index contributed by atoms with van der Waals surface area (Å²) in [5.41, 5.74) is 1.29. The van der Waals surface area contributed by atoms with E-state index in [9.17, 15) is 9.59 Å². The summed E-state index contributed by atoms with van der Waals surface area (Å²) in [6.45, 7) is 6.56. The number of carbonyl (C=O) groups is 2. The molecule has 1 aliphatic heterocycles. The number of benzene rings is 1. The third-order valence-electron chi connectivity index (χ3n) is 4.05. The highest BCUT2D eigenvalue weighted by atomic mass is 16.5. The summed E-state index contributed by atoms with van der Waals surface area (Å²) < 4.78 is 10.3. The van der Waals surface area contributed by atoms with Gasteiger partial charge in [-0.15, -0.1) is 0 Å². The van der Waals surface area contributed by atoms with Crippen molar-refractivity contribution in [2.24, 2.45) is 0 Å². The maximum absolute atomic E-state index is 12.6. The maximum Gasteiger partial charge on any atom is 0.338 e. The highest BCUT2D eigenvalue weighted by molar-refractivity contribution is 6.03. The molecule has 0 unspecified atom stereocenters. The number of hydrogen-bond donors (Lipinski definition) is 1. The van der Waals surface area contributed by atoms with Crippen LogP contribution in [0.1, 0.15) is 33.6 Å². The number of carbonyl (C=O) groups excluding carboxylic acids is 2. The highest BCUT2D eigenvalue weighted by Gasteiger charge is 2.17. The number of aryl methyl sites for hydroxylation is 1. The van der Waals surface area contributed by atoms with Gasteiger partial charge in [-0.05, 0) is 38.1 Å². The average Bonchev–Trinajstić information content (AvgIpc) is 2.69. The van der Waals surface area contributed by atoms with Gasteiger partial charge in [0.05, 0.1) is 25.4 Å². The number of aromatic nitrogens is 2. The Labute approximate surface area is 157 Å². The molecule has 0 spiro atoms. The molecule has 0 atom stereocenters. The third-order valence-corrected chi connectivity index (χ3v) is 4.05. The number of nitrogens with zero attached hydrogens (tertiary/aromatic N) is 3. The lowest BCUT2D eigenvalue weighted by molar-refractivity contribution is 0.0526. The van der Waals surface area contributed by atoms with Crippen molar-refractivity contribution in [1.82, 2.24) is 9.97 Å². The first-order valence-corrected chi connectivity index (χ1v) is 8.83. The monoisotopic (exact) mass is 370 g/mol. The molecular weight excluding hydrogens is 348 g/mol. The normalized spacial score (nSPS) is 13.9. The highest BCUT2D eigenvalue weighted by Crippen LogP contribution is 2.16. The van der Waals surface area contributed by atoms with Gasteiger partial charge in [0.1, 0.15) is 17.3 Å². The lowest BCUT2D eigenvalue weighted by Crippen LogP contribution is -2.37. The van der Waals surface area contributed by atoms with Gasteiger partial charge in [-0.3, -0.25) is 4.79 Å². The van der Waals surface area contributed by atoms with E-state index in [-0.39, 0.29) is 5.91 Å². The van der Waals surface area contributed by atoms with Crippen molar-refractivity contribution < 1.29 is 19.1 Å². The Kier molecular flexibility index (Phi) is 5.97. The van der Waals surface area contributed by atoms with Gasteiger partial charge < -0.3 is 19.7 Å². The third kappa shape index (κ3) is 4.79. The van der Waals surface area contributed by atoms with Crippen LogP contribution < -0.4 is 10.2 Å². The van der Waals surface area contributed by atoms with Gasteiger partial charge in [0.25, 0.3) is 5.91 Å². The Morgan fingerprint density at radius 1 is 1.19 bits per heavy atom. The van der Waals surface area contributed by atoms with E-state index < -0.39 is 5.97 Å². The quantitative estimate of drug-likeness (QED) is 0.805. The van der Waals surface area contributed by atoms with Crippen molar-refractivity contribution in [3.05, 3.63) is 47.4 Å². The molecule has 27 heavy (non-hydrogen) atoms. The molecule has 1 N–H and O–H groups in total. The van der Waals surface area contributed by atoms with Crippen LogP contribution in [0.25, 0.3) is 0 Å². The first-order valence-electron chi connectivity index (χ1n) is 8.83. The smallest absolute Gasteiger partial charge is 0.338 e. The molecule has 0 saturated carbocycles. The Morgan fingerprint density at radius 2 is 1.89 bits per heavy atom. The van der Waals surface area contributed by atoms with E-state index in [1.165, 1.54) is 0 Å². The summed E-state index contributed by atoms with van der Waals surface area (Å²) in [7, 11) is 0. The Balaban J connectivity index is 1.72. The van der Waals surface area contributed by atoms with Gasteiger partial charge in [0.2, 0.25) is 0 Å². The maximum atomic E-state index is 12.6. The van der Waals surface area contributed by atoms with Crippen LogP contribution in [0.2, 0.25) is 0 Å². The van der Waals surface area contributed by atoms with Crippen LogP contribution in [0, 0.1) is 6.92 Å². The molecule has 2 aromatic rings. The van der Waals surface area contributed by atoms with Crippen LogP contribution in [0.5, 0.6) is 0 Å². The van der Waals surface area contributed by atoms with Crippen molar-refractivity contribution in [3.63, 3.8) is 0 Å². The van der Waals surface area contributed by atoms with Crippen LogP contribution in [0.4, 0.5) is 11.5 Å². The van der Waals surface area contributed by atoms with Crippen molar-refractivity contribution in [1.29, 1.82) is 0 Å². The molecule has 8 nitrogen and oxygen atoms in total. The van der Waals surface area contributed by atoms with E-state index >= 15 is 0 Å². The fourth-order valence-corrected chi connectivity index (χ4v) is 2.72. The number of esters is 1. The van der Waals surface area contributed by atoms with E-state index in [1.807, 2.05) is 0 Å². The van der Waals surface area contributed by atoms with Gasteiger partial charge in [0, 0.05) is 24.8 Å². The number of amides is 1. The molecule has 2 heterocycles. The van der Waals surface area contributed by atoms with Crippen LogP contribution in [-0.4, -0.2) is 54.8 Å². The topological polar surface area (TPSA) is 93.7 Å². The first kappa shape index (κ1) is 18.8. The average molecular weight is 370 g/mol. The molecule has 1 aliphatic rings. The summed E-state index contributed by atoms with van der Waals surface area (Å²) in [6.07, 6.45) is 0. The zero-order chi connectivity index (χ0) is 19.2. The number of anilines is 2. The summed E-state index contributed by atoms with van der Waals surface area (Å²) >= 11 is 0. The minimum absolute atomic E-state index is 0.290. The van der Waals surface area contributed by atoms with Crippen LogP contribution >= 0.6 is 0 Å². The van der Waals surface area contributed by atoms with Crippen molar-refractivity contribution >= 4 is 23.4 Å². The Bertz CT molecular complexity index is 817. The molecule has 1 saturated heterocycles. The van der Waals surface area contributed by atoms with Crippen molar-refractivity contribution in [3.8, 4) is 0 Å². The molecular formula is C19H22N4O4. The molecule has 1 aromatic heterocycles. The molecule has 0 aliphatic carbocycles. The number of hydrogen-bond acceptors (Lipinski definition) is 7. The van der Waals surface area contributed by atoms with Crippen molar-refractivity contribution in [2.75, 3.05) is 43.1 Å². The second kappa shape index (κ2) is 8.59. The zero-order valence-corrected chi connectivity index (χ0v) is 15.4. The minimum Gasteiger partial charge on any atom is -0.462 e. The molecule has 1 aromatic carbocycles. The molecule has 8 heteroatoms. The number of rotatable bonds is 5. The van der Waals surface area contributed by atoms with Gasteiger partial charge >= 0.3 is 5.97 Å². The first-order chi connectivity index (χ1) is 13.1.